The van der Waals surface area contributed by atoms with Crippen LogP contribution in [0.15, 0.2) is 77.4 Å². The summed E-state index contributed by atoms with van der Waals surface area (Å²) in [5.41, 5.74) is 3.11. The first-order valence-corrected chi connectivity index (χ1v) is 11.0. The molecule has 0 amide bonds. The SMILES string of the molecule is CC1=CCc2ncnc(NC(C)c3cc4cccc(Cl)c4c(=O)n3-c3ccccc3)c2C1=O. The van der Waals surface area contributed by atoms with Gasteiger partial charge >= 0.3 is 0 Å². The molecular formula is C26H21ClN4O2. The molecule has 33 heavy (non-hydrogen) atoms. The molecule has 2 aromatic heterocycles. The predicted molar refractivity (Wildman–Crippen MR) is 130 cm³/mol. The third-order valence-electron chi connectivity index (χ3n) is 5.95. The van der Waals surface area contributed by atoms with E-state index >= 15 is 0 Å². The van der Waals surface area contributed by atoms with Crippen LogP contribution in [0.1, 0.15) is 41.6 Å². The Morgan fingerprint density at radius 3 is 2.64 bits per heavy atom. The van der Waals surface area contributed by atoms with Crippen molar-refractivity contribution in [3.8, 4) is 5.69 Å². The molecule has 0 saturated carbocycles. The van der Waals surface area contributed by atoms with Gasteiger partial charge in [-0.2, -0.15) is 0 Å². The van der Waals surface area contributed by atoms with Crippen LogP contribution in [-0.4, -0.2) is 20.3 Å². The Kier molecular flexibility index (Phi) is 5.30. The fourth-order valence-electron chi connectivity index (χ4n) is 4.25. The Morgan fingerprint density at radius 2 is 1.85 bits per heavy atom. The number of para-hydroxylation sites is 1. The highest BCUT2D eigenvalue weighted by molar-refractivity contribution is 6.35. The highest BCUT2D eigenvalue weighted by Crippen LogP contribution is 2.30. The third kappa shape index (κ3) is 3.62. The highest BCUT2D eigenvalue weighted by atomic mass is 35.5. The molecule has 0 fully saturated rings. The number of fused-ring (bicyclic) bond motifs is 2. The quantitative estimate of drug-likeness (QED) is 0.451. The number of rotatable bonds is 4. The zero-order valence-electron chi connectivity index (χ0n) is 18.2. The first-order chi connectivity index (χ1) is 16.0. The summed E-state index contributed by atoms with van der Waals surface area (Å²) < 4.78 is 1.66. The molecule has 1 N–H and O–H groups in total. The summed E-state index contributed by atoms with van der Waals surface area (Å²) in [7, 11) is 0. The topological polar surface area (TPSA) is 76.9 Å². The maximum absolute atomic E-state index is 13.6. The average molecular weight is 457 g/mol. The second-order valence-corrected chi connectivity index (χ2v) is 8.49. The van der Waals surface area contributed by atoms with Crippen molar-refractivity contribution in [2.24, 2.45) is 0 Å². The molecule has 1 aliphatic rings. The van der Waals surface area contributed by atoms with Crippen molar-refractivity contribution in [3.05, 3.63) is 105 Å². The number of nitrogens with one attached hydrogen (secondary N) is 1. The molecule has 7 heteroatoms. The van der Waals surface area contributed by atoms with E-state index in [1.807, 2.05) is 61.5 Å². The molecular weight excluding hydrogens is 436 g/mol. The highest BCUT2D eigenvalue weighted by Gasteiger charge is 2.25. The number of carbonyl (C=O) groups is 1. The van der Waals surface area contributed by atoms with Crippen molar-refractivity contribution in [3.63, 3.8) is 0 Å². The Hall–Kier alpha value is -3.77. The summed E-state index contributed by atoms with van der Waals surface area (Å²) in [4.78, 5) is 35.1. The lowest BCUT2D eigenvalue weighted by Gasteiger charge is -2.23. The molecule has 2 aromatic carbocycles. The summed E-state index contributed by atoms with van der Waals surface area (Å²) >= 11 is 6.40. The fraction of sp³-hybridized carbons (Fsp3) is 0.154. The van der Waals surface area contributed by atoms with E-state index in [1.165, 1.54) is 6.33 Å². The Balaban J connectivity index is 1.67. The molecule has 0 aliphatic heterocycles. The molecule has 1 unspecified atom stereocenters. The third-order valence-corrected chi connectivity index (χ3v) is 6.26. The van der Waals surface area contributed by atoms with Crippen LogP contribution in [0, 0.1) is 0 Å². The van der Waals surface area contributed by atoms with Gasteiger partial charge in [-0.05, 0) is 49.1 Å². The molecule has 164 valence electrons. The van der Waals surface area contributed by atoms with Crippen molar-refractivity contribution < 1.29 is 4.79 Å². The van der Waals surface area contributed by atoms with Gasteiger partial charge in [-0.1, -0.05) is 48.0 Å². The normalized spacial score (nSPS) is 14.0. The number of halogens is 1. The molecule has 6 nitrogen and oxygen atoms in total. The van der Waals surface area contributed by atoms with Gasteiger partial charge in [0.15, 0.2) is 5.78 Å². The minimum atomic E-state index is -0.348. The van der Waals surface area contributed by atoms with E-state index in [-0.39, 0.29) is 17.4 Å². The van der Waals surface area contributed by atoms with Gasteiger partial charge in [0.05, 0.1) is 27.7 Å². The standard InChI is InChI=1S/C26H21ClN4O2/c1-15-11-12-20-23(24(15)32)25(29-14-28-20)30-16(2)21-13-17-7-6-10-19(27)22(17)26(33)31(21)18-8-4-3-5-9-18/h3-11,13-14,16H,12H2,1-2H3,(H,28,29,30). The van der Waals surface area contributed by atoms with E-state index in [0.717, 1.165) is 16.8 Å². The van der Waals surface area contributed by atoms with Crippen LogP contribution in [0.3, 0.4) is 0 Å². The molecule has 0 spiro atoms. The number of allylic oxidation sites excluding steroid dienone is 2. The lowest BCUT2D eigenvalue weighted by Crippen LogP contribution is -2.26. The number of carbonyl (C=O) groups excluding carboxylic acids is 1. The smallest absolute Gasteiger partial charge is 0.264 e. The van der Waals surface area contributed by atoms with E-state index in [4.69, 9.17) is 11.6 Å². The van der Waals surface area contributed by atoms with Crippen LogP contribution in [-0.2, 0) is 6.42 Å². The van der Waals surface area contributed by atoms with Crippen molar-refractivity contribution in [2.75, 3.05) is 5.32 Å². The minimum absolute atomic E-state index is 0.0858. The van der Waals surface area contributed by atoms with E-state index in [0.29, 0.717) is 39.5 Å². The van der Waals surface area contributed by atoms with Crippen LogP contribution in [0.2, 0.25) is 5.02 Å². The molecule has 0 radical (unpaired) electrons. The van der Waals surface area contributed by atoms with Gasteiger partial charge < -0.3 is 5.32 Å². The van der Waals surface area contributed by atoms with Gasteiger partial charge in [-0.15, -0.1) is 0 Å². The Morgan fingerprint density at radius 1 is 1.06 bits per heavy atom. The number of pyridine rings is 1. The number of benzene rings is 2. The Labute approximate surface area is 195 Å². The summed E-state index contributed by atoms with van der Waals surface area (Å²) in [5.74, 6) is 0.375. The van der Waals surface area contributed by atoms with E-state index in [1.54, 1.807) is 17.6 Å². The van der Waals surface area contributed by atoms with E-state index in [2.05, 4.69) is 15.3 Å². The zero-order valence-corrected chi connectivity index (χ0v) is 18.9. The van der Waals surface area contributed by atoms with Gasteiger partial charge in [0.25, 0.3) is 5.56 Å². The zero-order chi connectivity index (χ0) is 23.1. The minimum Gasteiger partial charge on any atom is -0.361 e. The summed E-state index contributed by atoms with van der Waals surface area (Å²) in [5, 5.41) is 4.99. The number of Topliss-reactive ketones (excluding diaryl/α,β-unsaturated/α-hetero) is 1. The molecule has 1 aliphatic carbocycles. The van der Waals surface area contributed by atoms with Gasteiger partial charge in [0.2, 0.25) is 0 Å². The number of aromatic nitrogens is 3. The van der Waals surface area contributed by atoms with E-state index < -0.39 is 0 Å². The number of ketones is 1. The number of nitrogens with zero attached hydrogens (tertiary/aromatic N) is 3. The van der Waals surface area contributed by atoms with Crippen molar-refractivity contribution in [1.82, 2.24) is 14.5 Å². The fourth-order valence-corrected chi connectivity index (χ4v) is 4.51. The second-order valence-electron chi connectivity index (χ2n) is 8.08. The Bertz CT molecular complexity index is 1490. The second kappa shape index (κ2) is 8.30. The number of hydrogen-bond donors (Lipinski definition) is 1. The van der Waals surface area contributed by atoms with Crippen molar-refractivity contribution in [1.29, 1.82) is 0 Å². The predicted octanol–water partition coefficient (Wildman–Crippen LogP) is 5.29. The molecule has 4 aromatic rings. The van der Waals surface area contributed by atoms with Crippen LogP contribution >= 0.6 is 11.6 Å². The lowest BCUT2D eigenvalue weighted by molar-refractivity contribution is 0.103. The van der Waals surface area contributed by atoms with Crippen LogP contribution in [0.4, 0.5) is 5.82 Å². The monoisotopic (exact) mass is 456 g/mol. The van der Waals surface area contributed by atoms with Crippen LogP contribution in [0.5, 0.6) is 0 Å². The summed E-state index contributed by atoms with van der Waals surface area (Å²) in [6, 6.07) is 16.5. The maximum atomic E-state index is 13.6. The average Bonchev–Trinajstić information content (AvgIpc) is 2.82. The van der Waals surface area contributed by atoms with Gasteiger partial charge in [0, 0.05) is 17.8 Å². The largest absolute Gasteiger partial charge is 0.361 e. The molecule has 2 heterocycles. The number of anilines is 1. The van der Waals surface area contributed by atoms with Crippen molar-refractivity contribution in [2.45, 2.75) is 26.3 Å². The molecule has 0 saturated heterocycles. The summed E-state index contributed by atoms with van der Waals surface area (Å²) in [6.45, 7) is 3.74. The number of hydrogen-bond acceptors (Lipinski definition) is 5. The molecule has 1 atom stereocenters. The first kappa shape index (κ1) is 21.1. The maximum Gasteiger partial charge on any atom is 0.264 e. The molecule has 0 bridgehead atoms. The first-order valence-electron chi connectivity index (χ1n) is 10.7. The molecule has 5 rings (SSSR count). The summed E-state index contributed by atoms with van der Waals surface area (Å²) in [6.07, 6.45) is 3.92. The van der Waals surface area contributed by atoms with E-state index in [9.17, 15) is 9.59 Å². The van der Waals surface area contributed by atoms with Gasteiger partial charge in [0.1, 0.15) is 12.1 Å². The van der Waals surface area contributed by atoms with Gasteiger partial charge in [-0.25, -0.2) is 9.97 Å². The van der Waals surface area contributed by atoms with Crippen LogP contribution < -0.4 is 10.9 Å². The lowest BCUT2D eigenvalue weighted by atomic mass is 9.95. The van der Waals surface area contributed by atoms with Gasteiger partial charge in [-0.3, -0.25) is 14.2 Å². The van der Waals surface area contributed by atoms with Crippen LogP contribution in [0.25, 0.3) is 16.5 Å². The van der Waals surface area contributed by atoms with Crippen molar-refractivity contribution >= 4 is 34.0 Å².